The number of aliphatic hydroxyl groups is 1. The summed E-state index contributed by atoms with van der Waals surface area (Å²) in [6.07, 6.45) is 3.08. The van der Waals surface area contributed by atoms with E-state index < -0.39 is 5.60 Å². The van der Waals surface area contributed by atoms with Crippen LogP contribution in [-0.2, 0) is 4.74 Å². The molecule has 0 aromatic carbocycles. The number of nitrogens with zero attached hydrogens (tertiary/aromatic N) is 2. The molecule has 3 N–H and O–H groups in total. The third kappa shape index (κ3) is 6.49. The van der Waals surface area contributed by atoms with Gasteiger partial charge in [0.15, 0.2) is 5.96 Å². The van der Waals surface area contributed by atoms with Gasteiger partial charge in [0.25, 0.3) is 0 Å². The molecule has 6 nitrogen and oxygen atoms in total. The van der Waals surface area contributed by atoms with Crippen molar-refractivity contribution in [3.63, 3.8) is 0 Å². The van der Waals surface area contributed by atoms with Crippen LogP contribution in [0.3, 0.4) is 0 Å². The molecule has 0 aliphatic carbocycles. The van der Waals surface area contributed by atoms with Crippen LogP contribution in [0.15, 0.2) is 4.99 Å². The SMILES string of the molecule is CCNC(=NCC1(O)CCSC1)NC1CCN(CCOC)CC1. The van der Waals surface area contributed by atoms with Gasteiger partial charge in [-0.05, 0) is 31.9 Å². The first-order valence-electron chi connectivity index (χ1n) is 8.71. The highest BCUT2D eigenvalue weighted by molar-refractivity contribution is 7.99. The van der Waals surface area contributed by atoms with Crippen molar-refractivity contribution in [3.8, 4) is 0 Å². The predicted octanol–water partition coefficient (Wildman–Crippen LogP) is 0.520. The Morgan fingerprint density at radius 1 is 1.43 bits per heavy atom. The van der Waals surface area contributed by atoms with E-state index in [1.54, 1.807) is 7.11 Å². The normalized spacial score (nSPS) is 27.3. The van der Waals surface area contributed by atoms with Crippen LogP contribution in [0.5, 0.6) is 0 Å². The second-order valence-corrected chi connectivity index (χ2v) is 7.58. The summed E-state index contributed by atoms with van der Waals surface area (Å²) in [7, 11) is 1.75. The number of nitrogens with one attached hydrogen (secondary N) is 2. The number of hydrogen-bond acceptors (Lipinski definition) is 5. The fourth-order valence-corrected chi connectivity index (χ4v) is 4.27. The number of piperidine rings is 1. The average Bonchev–Trinajstić information content (AvgIpc) is 2.99. The van der Waals surface area contributed by atoms with E-state index >= 15 is 0 Å². The van der Waals surface area contributed by atoms with Gasteiger partial charge >= 0.3 is 0 Å². The van der Waals surface area contributed by atoms with Crippen molar-refractivity contribution >= 4 is 17.7 Å². The molecular formula is C16H32N4O2S. The lowest BCUT2D eigenvalue weighted by Crippen LogP contribution is -2.49. The molecule has 134 valence electrons. The molecule has 1 atom stereocenters. The van der Waals surface area contributed by atoms with Gasteiger partial charge in [-0.15, -0.1) is 0 Å². The van der Waals surface area contributed by atoms with Gasteiger partial charge < -0.3 is 25.4 Å². The van der Waals surface area contributed by atoms with Crippen LogP contribution in [0.4, 0.5) is 0 Å². The first kappa shape index (κ1) is 18.8. The Morgan fingerprint density at radius 2 is 2.22 bits per heavy atom. The standard InChI is InChI=1S/C16H32N4O2S/c1-3-17-15(18-12-16(21)6-11-23-13-16)19-14-4-7-20(8-5-14)9-10-22-2/h14,21H,3-13H2,1-2H3,(H2,17,18,19). The number of aliphatic imine (C=N–C) groups is 1. The molecule has 0 aromatic rings. The van der Waals surface area contributed by atoms with E-state index in [1.807, 2.05) is 11.8 Å². The fraction of sp³-hybridized carbons (Fsp3) is 0.938. The predicted molar refractivity (Wildman–Crippen MR) is 97.3 cm³/mol. The number of ether oxygens (including phenoxy) is 1. The smallest absolute Gasteiger partial charge is 0.191 e. The van der Waals surface area contributed by atoms with Gasteiger partial charge in [-0.3, -0.25) is 4.99 Å². The molecule has 7 heteroatoms. The number of guanidine groups is 1. The zero-order chi connectivity index (χ0) is 16.5. The quantitative estimate of drug-likeness (QED) is 0.462. The Kier molecular flexibility index (Phi) is 7.95. The van der Waals surface area contributed by atoms with Gasteiger partial charge in [0.2, 0.25) is 0 Å². The molecule has 0 amide bonds. The van der Waals surface area contributed by atoms with Crippen LogP contribution >= 0.6 is 11.8 Å². The topological polar surface area (TPSA) is 69.1 Å². The maximum Gasteiger partial charge on any atom is 0.191 e. The summed E-state index contributed by atoms with van der Waals surface area (Å²) in [5.41, 5.74) is -0.615. The maximum absolute atomic E-state index is 10.4. The van der Waals surface area contributed by atoms with Crippen LogP contribution in [0.25, 0.3) is 0 Å². The average molecular weight is 345 g/mol. The molecule has 2 aliphatic heterocycles. The Hall–Kier alpha value is -0.500. The first-order chi connectivity index (χ1) is 11.1. The maximum atomic E-state index is 10.4. The number of methoxy groups -OCH3 is 1. The summed E-state index contributed by atoms with van der Waals surface area (Å²) in [5, 5.41) is 17.3. The highest BCUT2D eigenvalue weighted by Crippen LogP contribution is 2.27. The molecule has 23 heavy (non-hydrogen) atoms. The van der Waals surface area contributed by atoms with Crippen LogP contribution < -0.4 is 10.6 Å². The minimum absolute atomic E-state index is 0.458. The lowest BCUT2D eigenvalue weighted by atomic mass is 10.0. The molecule has 0 radical (unpaired) electrons. The first-order valence-corrected chi connectivity index (χ1v) is 9.87. The molecule has 0 saturated carbocycles. The van der Waals surface area contributed by atoms with Gasteiger partial charge in [-0.1, -0.05) is 0 Å². The molecule has 2 aliphatic rings. The van der Waals surface area contributed by atoms with E-state index in [1.165, 1.54) is 0 Å². The van der Waals surface area contributed by atoms with Gasteiger partial charge in [0, 0.05) is 45.1 Å². The minimum atomic E-state index is -0.615. The molecule has 2 rings (SSSR count). The molecular weight excluding hydrogens is 312 g/mol. The van der Waals surface area contributed by atoms with E-state index in [4.69, 9.17) is 4.74 Å². The summed E-state index contributed by atoms with van der Waals surface area (Å²) >= 11 is 1.81. The summed E-state index contributed by atoms with van der Waals surface area (Å²) in [6, 6.07) is 0.458. The number of likely N-dealkylation sites (tertiary alicyclic amines) is 1. The number of hydrogen-bond donors (Lipinski definition) is 3. The van der Waals surface area contributed by atoms with Crippen LogP contribution in [0, 0.1) is 0 Å². The Labute approximate surface area is 144 Å². The zero-order valence-electron chi connectivity index (χ0n) is 14.5. The van der Waals surface area contributed by atoms with Crippen molar-refractivity contribution < 1.29 is 9.84 Å². The highest BCUT2D eigenvalue weighted by Gasteiger charge is 2.31. The van der Waals surface area contributed by atoms with E-state index in [-0.39, 0.29) is 0 Å². The zero-order valence-corrected chi connectivity index (χ0v) is 15.3. The summed E-state index contributed by atoms with van der Waals surface area (Å²) < 4.78 is 5.15. The Balaban J connectivity index is 1.78. The monoisotopic (exact) mass is 344 g/mol. The molecule has 0 aromatic heterocycles. The minimum Gasteiger partial charge on any atom is -0.387 e. The third-order valence-electron chi connectivity index (χ3n) is 4.50. The van der Waals surface area contributed by atoms with E-state index in [2.05, 4.69) is 27.4 Å². The fourth-order valence-electron chi connectivity index (χ4n) is 2.98. The van der Waals surface area contributed by atoms with Gasteiger partial charge in [-0.25, -0.2) is 0 Å². The Bertz CT molecular complexity index is 367. The van der Waals surface area contributed by atoms with Crippen molar-refractivity contribution in [1.82, 2.24) is 15.5 Å². The van der Waals surface area contributed by atoms with Crippen LogP contribution in [0.2, 0.25) is 0 Å². The largest absolute Gasteiger partial charge is 0.387 e. The molecule has 0 spiro atoms. The number of rotatable bonds is 7. The van der Waals surface area contributed by atoms with Crippen LogP contribution in [-0.4, -0.2) is 85.6 Å². The molecule has 2 saturated heterocycles. The Morgan fingerprint density at radius 3 is 2.83 bits per heavy atom. The van der Waals surface area contributed by atoms with E-state index in [0.29, 0.717) is 12.6 Å². The third-order valence-corrected chi connectivity index (χ3v) is 5.73. The molecule has 0 bridgehead atoms. The highest BCUT2D eigenvalue weighted by atomic mass is 32.2. The molecule has 2 heterocycles. The molecule has 1 unspecified atom stereocenters. The van der Waals surface area contributed by atoms with E-state index in [0.717, 1.165) is 69.5 Å². The number of thioether (sulfide) groups is 1. The lowest BCUT2D eigenvalue weighted by molar-refractivity contribution is 0.0778. The molecule has 2 fully saturated rings. The van der Waals surface area contributed by atoms with Crippen molar-refractivity contribution in [3.05, 3.63) is 0 Å². The summed E-state index contributed by atoms with van der Waals surface area (Å²) in [4.78, 5) is 7.08. The van der Waals surface area contributed by atoms with Gasteiger partial charge in [0.1, 0.15) is 0 Å². The van der Waals surface area contributed by atoms with Crippen molar-refractivity contribution in [2.75, 3.05) is 57.9 Å². The van der Waals surface area contributed by atoms with Gasteiger partial charge in [-0.2, -0.15) is 11.8 Å². The summed E-state index contributed by atoms with van der Waals surface area (Å²) in [6.45, 7) is 7.42. The van der Waals surface area contributed by atoms with Crippen molar-refractivity contribution in [2.45, 2.75) is 37.8 Å². The van der Waals surface area contributed by atoms with Crippen molar-refractivity contribution in [2.24, 2.45) is 4.99 Å². The van der Waals surface area contributed by atoms with E-state index in [9.17, 15) is 5.11 Å². The van der Waals surface area contributed by atoms with Crippen molar-refractivity contribution in [1.29, 1.82) is 0 Å². The van der Waals surface area contributed by atoms with Crippen LogP contribution in [0.1, 0.15) is 26.2 Å². The second-order valence-electron chi connectivity index (χ2n) is 6.48. The van der Waals surface area contributed by atoms with Gasteiger partial charge in [0.05, 0.1) is 18.8 Å². The second kappa shape index (κ2) is 9.71. The summed E-state index contributed by atoms with van der Waals surface area (Å²) in [5.74, 6) is 2.68. The lowest BCUT2D eigenvalue weighted by Gasteiger charge is -2.33.